The average Bonchev–Trinajstić information content (AvgIpc) is 3.12. The Balaban J connectivity index is 1.98. The lowest BCUT2D eigenvalue weighted by Gasteiger charge is -2.11. The predicted molar refractivity (Wildman–Crippen MR) is 107 cm³/mol. The van der Waals surface area contributed by atoms with Crippen LogP contribution < -0.4 is 4.74 Å². The maximum absolute atomic E-state index is 12.1. The van der Waals surface area contributed by atoms with Gasteiger partial charge in [-0.1, -0.05) is 12.1 Å². The molecule has 146 valence electrons. The van der Waals surface area contributed by atoms with Crippen molar-refractivity contribution >= 4 is 17.0 Å². The molecule has 0 aliphatic heterocycles. The van der Waals surface area contributed by atoms with E-state index in [0.29, 0.717) is 28.0 Å². The van der Waals surface area contributed by atoms with Crippen molar-refractivity contribution < 1.29 is 19.7 Å². The van der Waals surface area contributed by atoms with Gasteiger partial charge in [-0.3, -0.25) is 4.98 Å². The van der Waals surface area contributed by atoms with Gasteiger partial charge in [-0.05, 0) is 42.8 Å². The highest BCUT2D eigenvalue weighted by Gasteiger charge is 2.21. The van der Waals surface area contributed by atoms with Crippen LogP contribution in [0.25, 0.3) is 33.4 Å². The number of hydrogen-bond donors (Lipinski definition) is 2. The number of pyridine rings is 1. The third kappa shape index (κ3) is 3.30. The number of nitrogens with zero attached hydrogens (tertiary/aromatic N) is 4. The molecule has 2 N–H and O–H groups in total. The maximum Gasteiger partial charge on any atom is 0.416 e. The molecule has 0 saturated heterocycles. The summed E-state index contributed by atoms with van der Waals surface area (Å²) in [6.07, 6.45) is 1.43. The lowest BCUT2D eigenvalue weighted by Crippen LogP contribution is -2.10. The van der Waals surface area contributed by atoms with Gasteiger partial charge >= 0.3 is 6.09 Å². The molecule has 0 aliphatic rings. The summed E-state index contributed by atoms with van der Waals surface area (Å²) in [5.74, 6) is 0.212. The molecule has 4 rings (SSSR count). The van der Waals surface area contributed by atoms with Crippen LogP contribution in [-0.2, 0) is 0 Å². The minimum absolute atomic E-state index is 0.212. The quantitative estimate of drug-likeness (QED) is 0.546. The number of methoxy groups -OCH3 is 1. The van der Waals surface area contributed by atoms with E-state index in [1.807, 2.05) is 0 Å². The van der Waals surface area contributed by atoms with Crippen molar-refractivity contribution in [1.29, 1.82) is 0 Å². The highest BCUT2D eigenvalue weighted by atomic mass is 16.5. The van der Waals surface area contributed by atoms with Crippen molar-refractivity contribution in [1.82, 2.24) is 19.7 Å². The van der Waals surface area contributed by atoms with Crippen LogP contribution in [0.4, 0.5) is 4.79 Å². The van der Waals surface area contributed by atoms with E-state index in [0.717, 1.165) is 15.5 Å². The summed E-state index contributed by atoms with van der Waals surface area (Å²) in [5.41, 5.74) is 3.35. The number of rotatable bonds is 4. The fourth-order valence-electron chi connectivity index (χ4n) is 3.26. The van der Waals surface area contributed by atoms with Gasteiger partial charge in [0.15, 0.2) is 0 Å². The highest BCUT2D eigenvalue weighted by molar-refractivity contribution is 5.96. The Hall–Kier alpha value is -3.78. The number of hydrogen-bond acceptors (Lipinski definition) is 6. The summed E-state index contributed by atoms with van der Waals surface area (Å²) >= 11 is 0. The second-order valence-electron chi connectivity index (χ2n) is 6.53. The Kier molecular flexibility index (Phi) is 4.69. The fourth-order valence-corrected chi connectivity index (χ4v) is 3.26. The van der Waals surface area contributed by atoms with Crippen LogP contribution in [0, 0.1) is 0 Å². The summed E-state index contributed by atoms with van der Waals surface area (Å²) in [6.45, 7) is 1.63. The molecule has 0 fully saturated rings. The monoisotopic (exact) mass is 390 g/mol. The number of benzene rings is 1. The molecule has 0 bridgehead atoms. The molecule has 3 heterocycles. The van der Waals surface area contributed by atoms with Crippen molar-refractivity contribution in [3.8, 4) is 28.4 Å². The van der Waals surface area contributed by atoms with Gasteiger partial charge in [0.05, 0.1) is 35.7 Å². The van der Waals surface area contributed by atoms with Crippen molar-refractivity contribution in [2.75, 3.05) is 7.11 Å². The normalized spacial score (nSPS) is 12.1. The van der Waals surface area contributed by atoms with Crippen molar-refractivity contribution in [3.63, 3.8) is 0 Å². The molecule has 3 aromatic heterocycles. The molecule has 0 aliphatic carbocycles. The molecule has 1 aromatic carbocycles. The molecular formula is C21H18N4O4. The minimum Gasteiger partial charge on any atom is -0.479 e. The van der Waals surface area contributed by atoms with Gasteiger partial charge in [0.1, 0.15) is 0 Å². The minimum atomic E-state index is -1.15. The van der Waals surface area contributed by atoms with E-state index in [9.17, 15) is 15.0 Å². The third-order valence-corrected chi connectivity index (χ3v) is 4.71. The molecule has 1 atom stereocenters. The van der Waals surface area contributed by atoms with E-state index in [1.54, 1.807) is 61.8 Å². The molecule has 0 saturated carbocycles. The Morgan fingerprint density at radius 1 is 1.10 bits per heavy atom. The molecule has 8 nitrogen and oxygen atoms in total. The summed E-state index contributed by atoms with van der Waals surface area (Å²) < 4.78 is 6.51. The third-order valence-electron chi connectivity index (χ3n) is 4.71. The van der Waals surface area contributed by atoms with Gasteiger partial charge in [-0.15, -0.1) is 10.2 Å². The lowest BCUT2D eigenvalue weighted by atomic mass is 10.1. The number of aromatic nitrogens is 4. The zero-order valence-corrected chi connectivity index (χ0v) is 15.8. The topological polar surface area (TPSA) is 110 Å². The van der Waals surface area contributed by atoms with Crippen LogP contribution in [-0.4, -0.2) is 43.2 Å². The summed E-state index contributed by atoms with van der Waals surface area (Å²) in [6, 6.07) is 12.3. The van der Waals surface area contributed by atoms with E-state index in [-0.39, 0.29) is 5.88 Å². The van der Waals surface area contributed by atoms with Gasteiger partial charge in [0.2, 0.25) is 5.88 Å². The van der Waals surface area contributed by atoms with Crippen LogP contribution in [0.15, 0.2) is 54.9 Å². The molecule has 4 aromatic rings. The van der Waals surface area contributed by atoms with E-state index < -0.39 is 12.2 Å². The predicted octanol–water partition coefficient (Wildman–Crippen LogP) is 3.75. The second-order valence-corrected chi connectivity index (χ2v) is 6.53. The first kappa shape index (κ1) is 18.6. The van der Waals surface area contributed by atoms with E-state index in [2.05, 4.69) is 15.2 Å². The number of aliphatic hydroxyl groups excluding tert-OH is 1. The van der Waals surface area contributed by atoms with Gasteiger partial charge in [-0.25, -0.2) is 9.36 Å². The average molecular weight is 390 g/mol. The fraction of sp³-hybridized carbons (Fsp3) is 0.143. The van der Waals surface area contributed by atoms with E-state index >= 15 is 0 Å². The van der Waals surface area contributed by atoms with Gasteiger partial charge < -0.3 is 14.9 Å². The number of aliphatic hydroxyl groups is 1. The van der Waals surface area contributed by atoms with Crippen molar-refractivity contribution in [3.05, 3.63) is 60.4 Å². The number of ether oxygens (including phenoxy) is 1. The van der Waals surface area contributed by atoms with Crippen LogP contribution in [0.3, 0.4) is 0 Å². The van der Waals surface area contributed by atoms with Crippen LogP contribution in [0.2, 0.25) is 0 Å². The first-order valence-electron chi connectivity index (χ1n) is 8.89. The smallest absolute Gasteiger partial charge is 0.416 e. The number of carboxylic acid groups (broad SMARTS) is 1. The molecule has 0 spiro atoms. The molecular weight excluding hydrogens is 372 g/mol. The summed E-state index contributed by atoms with van der Waals surface area (Å²) in [5, 5.41) is 28.8. The Bertz CT molecular complexity index is 1200. The Morgan fingerprint density at radius 3 is 2.52 bits per heavy atom. The maximum atomic E-state index is 12.1. The standard InChI is InChI=1S/C21H18N4O4/c1-12(26)14-3-4-15-10-19(25(21(27)28)18(15)9-14)16-11-17(23-24-20(16)29-2)13-5-7-22-8-6-13/h3-12,26H,1-2H3,(H,27,28). The van der Waals surface area contributed by atoms with Crippen LogP contribution >= 0.6 is 0 Å². The Morgan fingerprint density at radius 2 is 1.86 bits per heavy atom. The van der Waals surface area contributed by atoms with Crippen LogP contribution in [0.5, 0.6) is 5.88 Å². The number of carbonyl (C=O) groups is 1. The largest absolute Gasteiger partial charge is 0.479 e. The lowest BCUT2D eigenvalue weighted by molar-refractivity contribution is 0.196. The first-order valence-corrected chi connectivity index (χ1v) is 8.89. The molecule has 8 heteroatoms. The molecule has 0 amide bonds. The SMILES string of the molecule is COc1nnc(-c2ccncc2)cc1-c1cc2ccc(C(C)O)cc2n1C(=O)O. The first-order chi connectivity index (χ1) is 14.0. The molecule has 0 radical (unpaired) electrons. The zero-order chi connectivity index (χ0) is 20.5. The van der Waals surface area contributed by atoms with Crippen LogP contribution in [0.1, 0.15) is 18.6 Å². The Labute approximate surface area is 166 Å². The molecule has 29 heavy (non-hydrogen) atoms. The summed E-state index contributed by atoms with van der Waals surface area (Å²) in [7, 11) is 1.46. The van der Waals surface area contributed by atoms with Gasteiger partial charge in [-0.2, -0.15) is 0 Å². The highest BCUT2D eigenvalue weighted by Crippen LogP contribution is 2.35. The summed E-state index contributed by atoms with van der Waals surface area (Å²) in [4.78, 5) is 16.1. The van der Waals surface area contributed by atoms with E-state index in [4.69, 9.17) is 4.74 Å². The number of fused-ring (bicyclic) bond motifs is 1. The van der Waals surface area contributed by atoms with E-state index in [1.165, 1.54) is 7.11 Å². The van der Waals surface area contributed by atoms with Gasteiger partial charge in [0.25, 0.3) is 0 Å². The van der Waals surface area contributed by atoms with Crippen molar-refractivity contribution in [2.24, 2.45) is 0 Å². The van der Waals surface area contributed by atoms with Crippen molar-refractivity contribution in [2.45, 2.75) is 13.0 Å². The zero-order valence-electron chi connectivity index (χ0n) is 15.8. The second kappa shape index (κ2) is 7.33. The van der Waals surface area contributed by atoms with Gasteiger partial charge in [0, 0.05) is 23.3 Å². The molecule has 1 unspecified atom stereocenters.